The number of nitrogens with zero attached hydrogens (tertiary/aromatic N) is 2. The van der Waals surface area contributed by atoms with Gasteiger partial charge in [0.05, 0.1) is 0 Å². The van der Waals surface area contributed by atoms with Crippen molar-refractivity contribution in [2.45, 2.75) is 45.4 Å². The molecule has 106 valence electrons. The largest absolute Gasteiger partial charge is 0.329 e. The zero-order valence-electron chi connectivity index (χ0n) is 12.1. The van der Waals surface area contributed by atoms with E-state index in [-0.39, 0.29) is 5.41 Å². The lowest BCUT2D eigenvalue weighted by atomic mass is 9.67. The van der Waals surface area contributed by atoms with Crippen molar-refractivity contribution in [2.75, 3.05) is 6.54 Å². The van der Waals surface area contributed by atoms with Crippen molar-refractivity contribution in [1.82, 2.24) is 9.78 Å². The summed E-state index contributed by atoms with van der Waals surface area (Å²) in [5.41, 5.74) is 6.80. The fourth-order valence-electron chi connectivity index (χ4n) is 3.06. The molecule has 4 heteroatoms. The van der Waals surface area contributed by atoms with E-state index in [0.29, 0.717) is 18.7 Å². The predicted octanol–water partition coefficient (Wildman–Crippen LogP) is 2.08. The van der Waals surface area contributed by atoms with Gasteiger partial charge in [-0.3, -0.25) is 9.48 Å². The standard InChI is InChI=1S/C15H25N3O/c1-12-5-8-15(11-16,9-6-12)14(19)4-3-13-7-10-17-18(13)2/h7,10,12H,3-6,8-9,11,16H2,1-2H3. The molecule has 2 rings (SSSR count). The van der Waals surface area contributed by atoms with Crippen molar-refractivity contribution >= 4 is 5.78 Å². The van der Waals surface area contributed by atoms with E-state index < -0.39 is 0 Å². The molecule has 0 radical (unpaired) electrons. The van der Waals surface area contributed by atoms with Crippen LogP contribution in [0.2, 0.25) is 0 Å². The summed E-state index contributed by atoms with van der Waals surface area (Å²) in [6, 6.07) is 1.98. The highest BCUT2D eigenvalue weighted by Crippen LogP contribution is 2.39. The van der Waals surface area contributed by atoms with Crippen LogP contribution >= 0.6 is 0 Å². The Morgan fingerprint density at radius 1 is 1.53 bits per heavy atom. The maximum atomic E-state index is 12.6. The first-order valence-electron chi connectivity index (χ1n) is 7.28. The van der Waals surface area contributed by atoms with Crippen molar-refractivity contribution < 1.29 is 4.79 Å². The van der Waals surface area contributed by atoms with Crippen LogP contribution in [-0.2, 0) is 18.3 Å². The van der Waals surface area contributed by atoms with Gasteiger partial charge in [-0.2, -0.15) is 5.10 Å². The minimum atomic E-state index is -0.245. The van der Waals surface area contributed by atoms with Crippen molar-refractivity contribution in [3.05, 3.63) is 18.0 Å². The number of hydrogen-bond donors (Lipinski definition) is 1. The third-order valence-corrected chi connectivity index (χ3v) is 4.74. The molecule has 0 atom stereocenters. The van der Waals surface area contributed by atoms with E-state index in [1.54, 1.807) is 6.20 Å². The lowest BCUT2D eigenvalue weighted by Crippen LogP contribution is -2.41. The average Bonchev–Trinajstić information content (AvgIpc) is 2.83. The second-order valence-electron chi connectivity index (χ2n) is 6.04. The van der Waals surface area contributed by atoms with Crippen LogP contribution in [0.1, 0.15) is 44.7 Å². The molecule has 19 heavy (non-hydrogen) atoms. The van der Waals surface area contributed by atoms with Crippen LogP contribution in [0.15, 0.2) is 12.3 Å². The van der Waals surface area contributed by atoms with Crippen LogP contribution in [0.25, 0.3) is 0 Å². The molecule has 1 saturated carbocycles. The van der Waals surface area contributed by atoms with E-state index in [2.05, 4.69) is 12.0 Å². The molecule has 1 aliphatic carbocycles. The number of aromatic nitrogens is 2. The summed E-state index contributed by atoms with van der Waals surface area (Å²) in [5, 5.41) is 4.14. The highest BCUT2D eigenvalue weighted by atomic mass is 16.1. The minimum absolute atomic E-state index is 0.245. The number of carbonyl (C=O) groups is 1. The number of aryl methyl sites for hydroxylation is 2. The Morgan fingerprint density at radius 2 is 2.21 bits per heavy atom. The van der Waals surface area contributed by atoms with Gasteiger partial charge in [-0.25, -0.2) is 0 Å². The van der Waals surface area contributed by atoms with Crippen molar-refractivity contribution in [1.29, 1.82) is 0 Å². The quantitative estimate of drug-likeness (QED) is 0.884. The third-order valence-electron chi connectivity index (χ3n) is 4.74. The molecule has 0 spiro atoms. The molecular formula is C15H25N3O. The summed E-state index contributed by atoms with van der Waals surface area (Å²) in [4.78, 5) is 12.6. The second kappa shape index (κ2) is 5.87. The number of hydrogen-bond acceptors (Lipinski definition) is 3. The summed E-state index contributed by atoms with van der Waals surface area (Å²) in [6.07, 6.45) is 7.34. The molecular weight excluding hydrogens is 238 g/mol. The molecule has 0 bridgehead atoms. The minimum Gasteiger partial charge on any atom is -0.329 e. The van der Waals surface area contributed by atoms with Gasteiger partial charge in [0.15, 0.2) is 0 Å². The molecule has 1 heterocycles. The zero-order chi connectivity index (χ0) is 13.9. The number of rotatable bonds is 5. The topological polar surface area (TPSA) is 60.9 Å². The van der Waals surface area contributed by atoms with E-state index in [0.717, 1.165) is 43.7 Å². The molecule has 0 unspecified atom stereocenters. The molecule has 4 nitrogen and oxygen atoms in total. The Labute approximate surface area is 115 Å². The second-order valence-corrected chi connectivity index (χ2v) is 6.04. The van der Waals surface area contributed by atoms with Gasteiger partial charge in [0, 0.05) is 37.3 Å². The molecule has 2 N–H and O–H groups in total. The SMILES string of the molecule is CC1CCC(CN)(C(=O)CCc2ccnn2C)CC1. The Balaban J connectivity index is 1.96. The molecule has 0 aliphatic heterocycles. The van der Waals surface area contributed by atoms with Gasteiger partial charge in [0.25, 0.3) is 0 Å². The van der Waals surface area contributed by atoms with Gasteiger partial charge in [-0.15, -0.1) is 0 Å². The first kappa shape index (κ1) is 14.3. The molecule has 0 amide bonds. The first-order chi connectivity index (χ1) is 9.07. The molecule has 0 aromatic carbocycles. The zero-order valence-corrected chi connectivity index (χ0v) is 12.1. The summed E-state index contributed by atoms with van der Waals surface area (Å²) >= 11 is 0. The average molecular weight is 263 g/mol. The highest BCUT2D eigenvalue weighted by Gasteiger charge is 2.38. The normalized spacial score (nSPS) is 27.4. The van der Waals surface area contributed by atoms with Crippen LogP contribution in [0.5, 0.6) is 0 Å². The Bertz CT molecular complexity index is 430. The molecule has 0 saturated heterocycles. The van der Waals surface area contributed by atoms with E-state index in [1.807, 2.05) is 17.8 Å². The van der Waals surface area contributed by atoms with Gasteiger partial charge >= 0.3 is 0 Å². The number of nitrogens with two attached hydrogens (primary N) is 1. The van der Waals surface area contributed by atoms with Crippen LogP contribution in [0.4, 0.5) is 0 Å². The van der Waals surface area contributed by atoms with Crippen LogP contribution in [-0.4, -0.2) is 22.1 Å². The summed E-state index contributed by atoms with van der Waals surface area (Å²) in [7, 11) is 1.92. The monoisotopic (exact) mass is 263 g/mol. The maximum Gasteiger partial charge on any atom is 0.140 e. The Morgan fingerprint density at radius 3 is 2.74 bits per heavy atom. The van der Waals surface area contributed by atoms with Crippen molar-refractivity contribution in [2.24, 2.45) is 24.1 Å². The molecule has 1 fully saturated rings. The first-order valence-corrected chi connectivity index (χ1v) is 7.28. The number of carbonyl (C=O) groups excluding carboxylic acids is 1. The highest BCUT2D eigenvalue weighted by molar-refractivity contribution is 5.85. The maximum absolute atomic E-state index is 12.6. The summed E-state index contributed by atoms with van der Waals surface area (Å²) < 4.78 is 1.84. The van der Waals surface area contributed by atoms with Gasteiger partial charge < -0.3 is 5.73 Å². The predicted molar refractivity (Wildman–Crippen MR) is 75.7 cm³/mol. The van der Waals surface area contributed by atoms with Crippen molar-refractivity contribution in [3.63, 3.8) is 0 Å². The van der Waals surface area contributed by atoms with Gasteiger partial charge in [-0.1, -0.05) is 6.92 Å². The van der Waals surface area contributed by atoms with E-state index in [1.165, 1.54) is 0 Å². The molecule has 1 aromatic heterocycles. The van der Waals surface area contributed by atoms with E-state index >= 15 is 0 Å². The van der Waals surface area contributed by atoms with Crippen molar-refractivity contribution in [3.8, 4) is 0 Å². The van der Waals surface area contributed by atoms with Crippen LogP contribution < -0.4 is 5.73 Å². The fourth-order valence-corrected chi connectivity index (χ4v) is 3.06. The number of ketones is 1. The number of Topliss-reactive ketones (excluding diaryl/α,β-unsaturated/α-hetero) is 1. The van der Waals surface area contributed by atoms with Gasteiger partial charge in [0.1, 0.15) is 5.78 Å². The Hall–Kier alpha value is -1.16. The summed E-state index contributed by atoms with van der Waals surface area (Å²) in [5.74, 6) is 1.09. The van der Waals surface area contributed by atoms with E-state index in [9.17, 15) is 4.79 Å². The van der Waals surface area contributed by atoms with Crippen LogP contribution in [0.3, 0.4) is 0 Å². The lowest BCUT2D eigenvalue weighted by Gasteiger charge is -2.37. The lowest BCUT2D eigenvalue weighted by molar-refractivity contribution is -0.130. The fraction of sp³-hybridized carbons (Fsp3) is 0.733. The van der Waals surface area contributed by atoms with Gasteiger partial charge in [-0.05, 0) is 44.1 Å². The Kier molecular flexibility index (Phi) is 4.40. The molecule has 1 aliphatic rings. The third kappa shape index (κ3) is 3.06. The van der Waals surface area contributed by atoms with Gasteiger partial charge in [0.2, 0.25) is 0 Å². The molecule has 1 aromatic rings. The smallest absolute Gasteiger partial charge is 0.140 e. The summed E-state index contributed by atoms with van der Waals surface area (Å²) in [6.45, 7) is 2.77. The van der Waals surface area contributed by atoms with Crippen LogP contribution in [0, 0.1) is 11.3 Å². The van der Waals surface area contributed by atoms with E-state index in [4.69, 9.17) is 5.73 Å².